The molecule has 0 bridgehead atoms. The molecule has 1 fully saturated rings. The Morgan fingerprint density at radius 2 is 1.41 bits per heavy atom. The number of nitrogens with zero attached hydrogens (tertiary/aromatic N) is 3. The van der Waals surface area contributed by atoms with Crippen LogP contribution in [-0.2, 0) is 6.42 Å². The van der Waals surface area contributed by atoms with E-state index in [1.54, 1.807) is 0 Å². The predicted octanol–water partition coefficient (Wildman–Crippen LogP) is 8.16. The zero-order chi connectivity index (χ0) is 23.8. The third-order valence-corrected chi connectivity index (χ3v) is 7.23. The third kappa shape index (κ3) is 9.45. The zero-order valence-electron chi connectivity index (χ0n) is 21.2. The molecule has 0 unspecified atom stereocenters. The lowest BCUT2D eigenvalue weighted by molar-refractivity contribution is 0.198. The average Bonchev–Trinajstić information content (AvgIpc) is 2.89. The van der Waals surface area contributed by atoms with Crippen LogP contribution in [0.5, 0.6) is 5.75 Å². The lowest BCUT2D eigenvalue weighted by Crippen LogP contribution is -2.20. The predicted molar refractivity (Wildman–Crippen MR) is 139 cm³/mol. The molecular weight excluding hydrogens is 418 g/mol. The van der Waals surface area contributed by atoms with Gasteiger partial charge in [0.2, 0.25) is 0 Å². The molecule has 1 aromatic carbocycles. The highest BCUT2D eigenvalue weighted by molar-refractivity contribution is 5.34. The number of ether oxygens (including phenoxy) is 1. The summed E-state index contributed by atoms with van der Waals surface area (Å²) in [5.74, 6) is 2.95. The maximum atomic E-state index is 8.90. The lowest BCUT2D eigenvalue weighted by atomic mass is 9.82. The van der Waals surface area contributed by atoms with Gasteiger partial charge in [0.25, 0.3) is 0 Å². The Bertz CT molecular complexity index is 833. The summed E-state index contributed by atoms with van der Waals surface area (Å²) in [5, 5.41) is 8.90. The summed E-state index contributed by atoms with van der Waals surface area (Å²) in [5.41, 5.74) is 1.95. The Hall–Kier alpha value is -2.41. The first-order chi connectivity index (χ1) is 16.8. The van der Waals surface area contributed by atoms with Crippen LogP contribution in [0.15, 0.2) is 36.7 Å². The average molecular weight is 462 g/mol. The van der Waals surface area contributed by atoms with E-state index in [2.05, 4.69) is 25.4 Å². The summed E-state index contributed by atoms with van der Waals surface area (Å²) in [7, 11) is 0. The monoisotopic (exact) mass is 461 g/mol. The van der Waals surface area contributed by atoms with Gasteiger partial charge in [0.15, 0.2) is 0 Å². The summed E-state index contributed by atoms with van der Waals surface area (Å²) in [6.45, 7) is 3.03. The van der Waals surface area contributed by atoms with Crippen LogP contribution in [-0.4, -0.2) is 16.6 Å². The van der Waals surface area contributed by atoms with Gasteiger partial charge in [0.1, 0.15) is 11.6 Å². The summed E-state index contributed by atoms with van der Waals surface area (Å²) in [6, 6.07) is 9.53. The van der Waals surface area contributed by atoms with Crippen LogP contribution < -0.4 is 4.74 Å². The van der Waals surface area contributed by atoms with E-state index in [0.717, 1.165) is 50.3 Å². The fourth-order valence-electron chi connectivity index (χ4n) is 4.95. The molecule has 1 heterocycles. The maximum absolute atomic E-state index is 8.90. The van der Waals surface area contributed by atoms with Gasteiger partial charge >= 0.3 is 0 Å². The molecule has 2 aromatic rings. The summed E-state index contributed by atoms with van der Waals surface area (Å²) >= 11 is 0. The summed E-state index contributed by atoms with van der Waals surface area (Å²) in [4.78, 5) is 9.46. The number of unbranched alkanes of at least 4 members (excludes halogenated alkanes) is 9. The highest BCUT2D eigenvalue weighted by Gasteiger charge is 2.24. The molecule has 184 valence electrons. The van der Waals surface area contributed by atoms with Crippen molar-refractivity contribution in [2.24, 2.45) is 5.92 Å². The second kappa shape index (κ2) is 15.5. The number of hydrogen-bond acceptors (Lipinski definition) is 4. The number of hydrogen-bond donors (Lipinski definition) is 0. The van der Waals surface area contributed by atoms with Crippen LogP contribution in [0.3, 0.4) is 0 Å². The van der Waals surface area contributed by atoms with Crippen molar-refractivity contribution in [2.45, 2.75) is 109 Å². The van der Waals surface area contributed by atoms with Crippen LogP contribution in [0.25, 0.3) is 0 Å². The molecule has 0 radical (unpaired) electrons. The van der Waals surface area contributed by atoms with Crippen LogP contribution in [0, 0.1) is 17.2 Å². The van der Waals surface area contributed by atoms with E-state index >= 15 is 0 Å². The van der Waals surface area contributed by atoms with Crippen molar-refractivity contribution < 1.29 is 4.74 Å². The van der Waals surface area contributed by atoms with Crippen LogP contribution in [0.4, 0.5) is 0 Å². The smallest absolute Gasteiger partial charge is 0.131 e. The number of aromatic nitrogens is 2. The SMILES string of the molecule is CCCCCCCCCCCCc1cnc(C2CCC(COc3ccc(C#N)cc3)CC2)nc1. The van der Waals surface area contributed by atoms with E-state index in [1.807, 2.05) is 24.3 Å². The van der Waals surface area contributed by atoms with E-state index in [0.29, 0.717) is 17.4 Å². The normalized spacial score (nSPS) is 17.9. The quantitative estimate of drug-likeness (QED) is 0.251. The van der Waals surface area contributed by atoms with E-state index < -0.39 is 0 Å². The minimum atomic E-state index is 0.484. The van der Waals surface area contributed by atoms with Crippen molar-refractivity contribution in [2.75, 3.05) is 6.61 Å². The Morgan fingerprint density at radius 1 is 0.824 bits per heavy atom. The summed E-state index contributed by atoms with van der Waals surface area (Å²) in [6.07, 6.45) is 23.6. The van der Waals surface area contributed by atoms with Crippen LogP contribution in [0.1, 0.15) is 120 Å². The number of aryl methyl sites for hydroxylation is 1. The van der Waals surface area contributed by atoms with Gasteiger partial charge in [0.05, 0.1) is 18.2 Å². The van der Waals surface area contributed by atoms with Crippen molar-refractivity contribution in [3.05, 3.63) is 53.6 Å². The minimum Gasteiger partial charge on any atom is -0.493 e. The maximum Gasteiger partial charge on any atom is 0.131 e. The number of nitriles is 1. The molecule has 1 aliphatic carbocycles. The molecule has 0 atom stereocenters. The molecule has 34 heavy (non-hydrogen) atoms. The van der Waals surface area contributed by atoms with Crippen molar-refractivity contribution in [3.8, 4) is 11.8 Å². The van der Waals surface area contributed by atoms with Gasteiger partial charge in [-0.05, 0) is 74.3 Å². The second-order valence-electron chi connectivity index (χ2n) is 10.0. The molecule has 0 aliphatic heterocycles. The van der Waals surface area contributed by atoms with Crippen molar-refractivity contribution in [1.29, 1.82) is 5.26 Å². The topological polar surface area (TPSA) is 58.8 Å². The highest BCUT2D eigenvalue weighted by Crippen LogP contribution is 2.34. The van der Waals surface area contributed by atoms with Crippen molar-refractivity contribution >= 4 is 0 Å². The first-order valence-electron chi connectivity index (χ1n) is 13.7. The molecular formula is C30H43N3O. The second-order valence-corrected chi connectivity index (χ2v) is 10.0. The first-order valence-corrected chi connectivity index (χ1v) is 13.7. The fraction of sp³-hybridized carbons (Fsp3) is 0.633. The van der Waals surface area contributed by atoms with Crippen molar-refractivity contribution in [3.63, 3.8) is 0 Å². The Kier molecular flexibility index (Phi) is 11.9. The van der Waals surface area contributed by atoms with Gasteiger partial charge in [-0.2, -0.15) is 5.26 Å². The van der Waals surface area contributed by atoms with Gasteiger partial charge in [-0.25, -0.2) is 9.97 Å². The van der Waals surface area contributed by atoms with E-state index in [-0.39, 0.29) is 0 Å². The minimum absolute atomic E-state index is 0.484. The largest absolute Gasteiger partial charge is 0.493 e. The fourth-order valence-corrected chi connectivity index (χ4v) is 4.95. The standard InChI is InChI=1S/C30H43N3O/c1-2-3-4-5-6-7-8-9-10-11-12-27-22-32-30(33-23-27)28-17-13-26(14-18-28)24-34-29-19-15-25(21-31)16-20-29/h15-16,19-20,22-23,26,28H,2-14,17-18,24H2,1H3. The zero-order valence-corrected chi connectivity index (χ0v) is 21.2. The van der Waals surface area contributed by atoms with E-state index in [4.69, 9.17) is 20.0 Å². The van der Waals surface area contributed by atoms with Gasteiger partial charge in [0, 0.05) is 18.3 Å². The molecule has 4 nitrogen and oxygen atoms in total. The third-order valence-electron chi connectivity index (χ3n) is 7.23. The number of rotatable bonds is 15. The Morgan fingerprint density at radius 3 is 2.00 bits per heavy atom. The highest BCUT2D eigenvalue weighted by atomic mass is 16.5. The first kappa shape index (κ1) is 26.2. The molecule has 0 saturated heterocycles. The molecule has 4 heteroatoms. The number of benzene rings is 1. The molecule has 1 aromatic heterocycles. The molecule has 0 N–H and O–H groups in total. The van der Waals surface area contributed by atoms with Crippen molar-refractivity contribution in [1.82, 2.24) is 9.97 Å². The molecule has 3 rings (SSSR count). The van der Waals surface area contributed by atoms with Gasteiger partial charge in [-0.15, -0.1) is 0 Å². The van der Waals surface area contributed by atoms with E-state index in [9.17, 15) is 0 Å². The lowest BCUT2D eigenvalue weighted by Gasteiger charge is -2.27. The van der Waals surface area contributed by atoms with Gasteiger partial charge < -0.3 is 4.74 Å². The van der Waals surface area contributed by atoms with Crippen LogP contribution >= 0.6 is 0 Å². The molecule has 0 spiro atoms. The summed E-state index contributed by atoms with van der Waals surface area (Å²) < 4.78 is 5.95. The molecule has 0 amide bonds. The van der Waals surface area contributed by atoms with Gasteiger partial charge in [-0.1, -0.05) is 64.7 Å². The molecule has 1 aliphatic rings. The Labute approximate surface area is 207 Å². The molecule has 1 saturated carbocycles. The van der Waals surface area contributed by atoms with Crippen LogP contribution in [0.2, 0.25) is 0 Å². The van der Waals surface area contributed by atoms with Gasteiger partial charge in [-0.3, -0.25) is 0 Å². The Balaban J connectivity index is 1.26. The van der Waals surface area contributed by atoms with E-state index in [1.165, 1.54) is 69.8 Å².